The summed E-state index contributed by atoms with van der Waals surface area (Å²) in [6.07, 6.45) is 0.624. The summed E-state index contributed by atoms with van der Waals surface area (Å²) in [7, 11) is -3.86. The van der Waals surface area contributed by atoms with E-state index in [4.69, 9.17) is 14.2 Å². The molecule has 3 aromatic carbocycles. The molecular formula is C25H22N2O7S. The molecule has 0 fully saturated rings. The van der Waals surface area contributed by atoms with Gasteiger partial charge in [-0.3, -0.25) is 9.10 Å². The second kappa shape index (κ2) is 9.30. The second-order valence-electron chi connectivity index (χ2n) is 8.02. The van der Waals surface area contributed by atoms with Crippen LogP contribution in [0.2, 0.25) is 0 Å². The molecule has 2 aliphatic heterocycles. The Morgan fingerprint density at radius 1 is 0.971 bits per heavy atom. The average Bonchev–Trinajstić information content (AvgIpc) is 3.53. The van der Waals surface area contributed by atoms with Crippen LogP contribution in [0, 0.1) is 0 Å². The van der Waals surface area contributed by atoms with Gasteiger partial charge >= 0.3 is 5.97 Å². The molecule has 0 bridgehead atoms. The van der Waals surface area contributed by atoms with Gasteiger partial charge < -0.3 is 19.5 Å². The van der Waals surface area contributed by atoms with E-state index in [1.165, 1.54) is 28.6 Å². The first-order chi connectivity index (χ1) is 16.9. The fraction of sp³-hybridized carbons (Fsp3) is 0.200. The Morgan fingerprint density at radius 2 is 1.80 bits per heavy atom. The summed E-state index contributed by atoms with van der Waals surface area (Å²) in [4.78, 5) is 24.6. The highest BCUT2D eigenvalue weighted by Crippen LogP contribution is 2.33. The summed E-state index contributed by atoms with van der Waals surface area (Å²) < 4.78 is 43.4. The first kappa shape index (κ1) is 22.7. The third-order valence-electron chi connectivity index (χ3n) is 5.76. The van der Waals surface area contributed by atoms with E-state index in [1.54, 1.807) is 30.3 Å². The SMILES string of the molecule is O=C(COC(=O)c1cccc(S(=O)(=O)N2CCc3ccccc32)c1)NCc1ccc2c(c1)OCO2. The molecule has 0 unspecified atom stereocenters. The molecule has 5 rings (SSSR count). The van der Waals surface area contributed by atoms with Crippen LogP contribution in [-0.4, -0.2) is 40.2 Å². The Labute approximate surface area is 202 Å². The van der Waals surface area contributed by atoms with Gasteiger partial charge in [-0.15, -0.1) is 0 Å². The molecular weight excluding hydrogens is 472 g/mol. The first-order valence-corrected chi connectivity index (χ1v) is 12.4. The van der Waals surface area contributed by atoms with E-state index in [1.807, 2.05) is 12.1 Å². The van der Waals surface area contributed by atoms with Gasteiger partial charge in [-0.05, 0) is 53.9 Å². The maximum atomic E-state index is 13.2. The van der Waals surface area contributed by atoms with E-state index >= 15 is 0 Å². The number of esters is 1. The van der Waals surface area contributed by atoms with E-state index in [9.17, 15) is 18.0 Å². The highest BCUT2D eigenvalue weighted by atomic mass is 32.2. The molecule has 0 spiro atoms. The Hall–Kier alpha value is -4.05. The van der Waals surface area contributed by atoms with Crippen molar-refractivity contribution >= 4 is 27.6 Å². The van der Waals surface area contributed by atoms with E-state index in [0.29, 0.717) is 30.2 Å². The van der Waals surface area contributed by atoms with Crippen molar-refractivity contribution in [2.24, 2.45) is 0 Å². The third kappa shape index (κ3) is 4.65. The summed E-state index contributed by atoms with van der Waals surface area (Å²) >= 11 is 0. The van der Waals surface area contributed by atoms with Crippen LogP contribution in [0.4, 0.5) is 5.69 Å². The molecule has 0 saturated heterocycles. The van der Waals surface area contributed by atoms with E-state index in [2.05, 4.69) is 5.32 Å². The maximum absolute atomic E-state index is 13.2. The molecule has 0 atom stereocenters. The number of carbonyl (C=O) groups is 2. The summed E-state index contributed by atoms with van der Waals surface area (Å²) in [5, 5.41) is 2.66. The number of rotatable bonds is 7. The molecule has 3 aromatic rings. The van der Waals surface area contributed by atoms with Gasteiger partial charge in [0.05, 0.1) is 16.1 Å². The van der Waals surface area contributed by atoms with Crippen LogP contribution in [-0.2, 0) is 32.5 Å². The van der Waals surface area contributed by atoms with Crippen LogP contribution < -0.4 is 19.1 Å². The number of anilines is 1. The minimum atomic E-state index is -3.86. The molecule has 0 radical (unpaired) electrons. The Balaban J connectivity index is 1.19. The fourth-order valence-electron chi connectivity index (χ4n) is 3.99. The third-order valence-corrected chi connectivity index (χ3v) is 7.57. The number of hydrogen-bond donors (Lipinski definition) is 1. The van der Waals surface area contributed by atoms with Crippen molar-refractivity contribution in [3.63, 3.8) is 0 Å². The zero-order valence-corrected chi connectivity index (χ0v) is 19.4. The van der Waals surface area contributed by atoms with Crippen LogP contribution in [0.5, 0.6) is 11.5 Å². The number of ether oxygens (including phenoxy) is 3. The van der Waals surface area contributed by atoms with Gasteiger partial charge in [-0.1, -0.05) is 30.3 Å². The van der Waals surface area contributed by atoms with E-state index in [0.717, 1.165) is 11.1 Å². The lowest BCUT2D eigenvalue weighted by atomic mass is 10.2. The van der Waals surface area contributed by atoms with Crippen LogP contribution in [0.15, 0.2) is 71.6 Å². The Morgan fingerprint density at radius 3 is 2.69 bits per heavy atom. The lowest BCUT2D eigenvalue weighted by Gasteiger charge is -2.19. The van der Waals surface area contributed by atoms with Crippen LogP contribution in [0.25, 0.3) is 0 Å². The smallest absolute Gasteiger partial charge is 0.338 e. The van der Waals surface area contributed by atoms with Crippen molar-refractivity contribution in [2.75, 3.05) is 24.2 Å². The first-order valence-electron chi connectivity index (χ1n) is 10.9. The number of nitrogens with zero attached hydrogens (tertiary/aromatic N) is 1. The predicted molar refractivity (Wildman–Crippen MR) is 126 cm³/mol. The summed E-state index contributed by atoms with van der Waals surface area (Å²) in [5.41, 5.74) is 2.44. The molecule has 1 N–H and O–H groups in total. The number of nitrogens with one attached hydrogen (secondary N) is 1. The van der Waals surface area contributed by atoms with Crippen molar-refractivity contribution in [2.45, 2.75) is 17.9 Å². The largest absolute Gasteiger partial charge is 0.454 e. The van der Waals surface area contributed by atoms with Crippen molar-refractivity contribution in [3.05, 3.63) is 83.4 Å². The van der Waals surface area contributed by atoms with Gasteiger partial charge in [-0.2, -0.15) is 0 Å². The second-order valence-corrected chi connectivity index (χ2v) is 9.89. The van der Waals surface area contributed by atoms with Gasteiger partial charge in [0.15, 0.2) is 18.1 Å². The van der Waals surface area contributed by atoms with Crippen molar-refractivity contribution in [1.82, 2.24) is 5.32 Å². The molecule has 35 heavy (non-hydrogen) atoms. The maximum Gasteiger partial charge on any atom is 0.338 e. The van der Waals surface area contributed by atoms with Gasteiger partial charge in [0.2, 0.25) is 6.79 Å². The molecule has 180 valence electrons. The standard InChI is InChI=1S/C25H22N2O7S/c28-24(26-14-17-8-9-22-23(12-17)34-16-33-22)15-32-25(29)19-5-3-6-20(13-19)35(30,31)27-11-10-18-4-1-2-7-21(18)27/h1-9,12-13H,10-11,14-16H2,(H,26,28). The molecule has 0 saturated carbocycles. The molecule has 2 heterocycles. The predicted octanol–water partition coefficient (Wildman–Crippen LogP) is 2.64. The van der Waals surface area contributed by atoms with Crippen LogP contribution >= 0.6 is 0 Å². The van der Waals surface area contributed by atoms with Crippen molar-refractivity contribution in [1.29, 1.82) is 0 Å². The number of sulfonamides is 1. The monoisotopic (exact) mass is 494 g/mol. The van der Waals surface area contributed by atoms with Crippen molar-refractivity contribution < 1.29 is 32.2 Å². The zero-order chi connectivity index (χ0) is 24.4. The fourth-order valence-corrected chi connectivity index (χ4v) is 5.54. The summed E-state index contributed by atoms with van der Waals surface area (Å²) in [5.74, 6) is -0.0295. The van der Waals surface area contributed by atoms with Gasteiger partial charge in [0, 0.05) is 13.1 Å². The molecule has 0 aromatic heterocycles. The van der Waals surface area contributed by atoms with Gasteiger partial charge in [0.1, 0.15) is 0 Å². The minimum Gasteiger partial charge on any atom is -0.454 e. The molecule has 2 aliphatic rings. The molecule has 1 amide bonds. The number of hydrogen-bond acceptors (Lipinski definition) is 7. The van der Waals surface area contributed by atoms with Crippen molar-refractivity contribution in [3.8, 4) is 11.5 Å². The quantitative estimate of drug-likeness (QED) is 0.503. The minimum absolute atomic E-state index is 0.0177. The lowest BCUT2D eigenvalue weighted by Crippen LogP contribution is -2.29. The van der Waals surface area contributed by atoms with E-state index < -0.39 is 28.5 Å². The number of para-hydroxylation sites is 1. The van der Waals surface area contributed by atoms with Gasteiger partial charge in [0.25, 0.3) is 15.9 Å². The number of amides is 1. The van der Waals surface area contributed by atoms with Crippen LogP contribution in [0.1, 0.15) is 21.5 Å². The number of fused-ring (bicyclic) bond motifs is 2. The lowest BCUT2D eigenvalue weighted by molar-refractivity contribution is -0.124. The summed E-state index contributed by atoms with van der Waals surface area (Å²) in [6, 6.07) is 18.3. The van der Waals surface area contributed by atoms with E-state index in [-0.39, 0.29) is 23.8 Å². The molecule has 10 heteroatoms. The molecule has 9 nitrogen and oxygen atoms in total. The van der Waals surface area contributed by atoms with Gasteiger partial charge in [-0.25, -0.2) is 13.2 Å². The Bertz CT molecular complexity index is 1400. The number of carbonyl (C=O) groups excluding carboxylic acids is 2. The Kier molecular flexibility index (Phi) is 6.04. The average molecular weight is 495 g/mol. The highest BCUT2D eigenvalue weighted by molar-refractivity contribution is 7.92. The normalized spacial score (nSPS) is 13.9. The van der Waals surface area contributed by atoms with Crippen LogP contribution in [0.3, 0.4) is 0 Å². The summed E-state index contributed by atoms with van der Waals surface area (Å²) in [6.45, 7) is 0.215. The number of benzene rings is 3. The zero-order valence-electron chi connectivity index (χ0n) is 18.6. The topological polar surface area (TPSA) is 111 Å². The highest BCUT2D eigenvalue weighted by Gasteiger charge is 2.31. The molecule has 0 aliphatic carbocycles.